The number of ketones is 1. The Labute approximate surface area is 108 Å². The Hall–Kier alpha value is -1.82. The summed E-state index contributed by atoms with van der Waals surface area (Å²) in [6.07, 6.45) is 2.20. The molecular weight excluding hydrogens is 224 g/mol. The first-order chi connectivity index (χ1) is 8.65. The Kier molecular flexibility index (Phi) is 3.66. The van der Waals surface area contributed by atoms with Gasteiger partial charge >= 0.3 is 0 Å². The molecule has 1 heterocycles. The highest BCUT2D eigenvalue weighted by atomic mass is 16.1. The van der Waals surface area contributed by atoms with Crippen molar-refractivity contribution in [3.8, 4) is 6.07 Å². The summed E-state index contributed by atoms with van der Waals surface area (Å²) in [7, 11) is 0. The number of nitrogens with zero attached hydrogens (tertiary/aromatic N) is 2. The van der Waals surface area contributed by atoms with Crippen molar-refractivity contribution in [3.05, 3.63) is 35.7 Å². The molecule has 0 spiro atoms. The largest absolute Gasteiger partial charge is 0.370 e. The van der Waals surface area contributed by atoms with Gasteiger partial charge in [0.1, 0.15) is 11.9 Å². The molecule has 0 atom stereocenters. The van der Waals surface area contributed by atoms with Crippen LogP contribution in [0.25, 0.3) is 0 Å². The quantitative estimate of drug-likeness (QED) is 0.812. The number of hydrogen-bond acceptors (Lipinski definition) is 3. The number of nitriles is 1. The van der Waals surface area contributed by atoms with Gasteiger partial charge in [-0.3, -0.25) is 4.79 Å². The molecule has 2 rings (SSSR count). The monoisotopic (exact) mass is 241 g/mol. The molecule has 0 saturated carbocycles. The molecule has 3 nitrogen and oxygen atoms in total. The Morgan fingerprint density at radius 1 is 1.56 bits per heavy atom. The molecule has 1 aromatic rings. The summed E-state index contributed by atoms with van der Waals surface area (Å²) in [4.78, 5) is 13.4. The summed E-state index contributed by atoms with van der Waals surface area (Å²) >= 11 is 0. The predicted octanol–water partition coefficient (Wildman–Crippen LogP) is 2.28. The van der Waals surface area contributed by atoms with Crippen LogP contribution >= 0.6 is 0 Å². The minimum Gasteiger partial charge on any atom is -0.370 e. The standard InChI is InChI=1S/C15H17N2O/c1-3-5-17-6-4-13-8-12(7-11(2)18)9-14(10-16)15(13)17/h8-9H,1,3-7H2,2H3. The molecule has 0 amide bonds. The van der Waals surface area contributed by atoms with Crippen molar-refractivity contribution < 1.29 is 4.79 Å². The van der Waals surface area contributed by atoms with Crippen LogP contribution in [-0.4, -0.2) is 18.9 Å². The van der Waals surface area contributed by atoms with Crippen LogP contribution in [0.5, 0.6) is 0 Å². The highest BCUT2D eigenvalue weighted by Crippen LogP contribution is 2.33. The fraction of sp³-hybridized carbons (Fsp3) is 0.400. The molecule has 3 heteroatoms. The smallest absolute Gasteiger partial charge is 0.134 e. The molecule has 0 saturated heterocycles. The zero-order chi connectivity index (χ0) is 13.1. The predicted molar refractivity (Wildman–Crippen MR) is 71.4 cm³/mol. The lowest BCUT2D eigenvalue weighted by Crippen LogP contribution is -2.21. The van der Waals surface area contributed by atoms with Gasteiger partial charge in [0.05, 0.1) is 11.3 Å². The second-order valence-corrected chi connectivity index (χ2v) is 4.73. The molecule has 0 N–H and O–H groups in total. The molecule has 93 valence electrons. The fourth-order valence-electron chi connectivity index (χ4n) is 2.58. The van der Waals surface area contributed by atoms with Gasteiger partial charge in [0, 0.05) is 19.5 Å². The van der Waals surface area contributed by atoms with Gasteiger partial charge in [-0.2, -0.15) is 5.26 Å². The Bertz CT molecular complexity index is 514. The Balaban J connectivity index is 2.40. The number of fused-ring (bicyclic) bond motifs is 1. The van der Waals surface area contributed by atoms with Crippen molar-refractivity contribution in [2.75, 3.05) is 18.0 Å². The summed E-state index contributed by atoms with van der Waals surface area (Å²) in [6.45, 7) is 7.27. The van der Waals surface area contributed by atoms with Gasteiger partial charge in [-0.05, 0) is 37.0 Å². The second-order valence-electron chi connectivity index (χ2n) is 4.73. The van der Waals surface area contributed by atoms with E-state index in [-0.39, 0.29) is 5.78 Å². The normalized spacial score (nSPS) is 13.3. The first kappa shape index (κ1) is 12.6. The van der Waals surface area contributed by atoms with Crippen molar-refractivity contribution in [3.63, 3.8) is 0 Å². The Morgan fingerprint density at radius 3 is 2.94 bits per heavy atom. The molecule has 0 aromatic heterocycles. The van der Waals surface area contributed by atoms with Gasteiger partial charge in [0.25, 0.3) is 0 Å². The van der Waals surface area contributed by atoms with Crippen molar-refractivity contribution in [2.45, 2.75) is 26.2 Å². The average Bonchev–Trinajstić information content (AvgIpc) is 2.71. The SMILES string of the molecule is [CH2]CCN1CCc2cc(CC(C)=O)cc(C#N)c21. The fourth-order valence-corrected chi connectivity index (χ4v) is 2.58. The number of carbonyl (C=O) groups is 1. The molecule has 1 aliphatic rings. The average molecular weight is 241 g/mol. The van der Waals surface area contributed by atoms with Crippen LogP contribution in [0.1, 0.15) is 30.0 Å². The first-order valence-electron chi connectivity index (χ1n) is 6.25. The third-order valence-electron chi connectivity index (χ3n) is 3.22. The third-order valence-corrected chi connectivity index (χ3v) is 3.22. The highest BCUT2D eigenvalue weighted by molar-refractivity contribution is 5.79. The van der Waals surface area contributed by atoms with Crippen LogP contribution < -0.4 is 4.90 Å². The van der Waals surface area contributed by atoms with Crippen molar-refractivity contribution in [2.24, 2.45) is 0 Å². The van der Waals surface area contributed by atoms with E-state index in [1.54, 1.807) is 6.92 Å². The van der Waals surface area contributed by atoms with Gasteiger partial charge in [0.15, 0.2) is 0 Å². The molecule has 0 fully saturated rings. The lowest BCUT2D eigenvalue weighted by Gasteiger charge is -2.19. The first-order valence-corrected chi connectivity index (χ1v) is 6.25. The van der Waals surface area contributed by atoms with E-state index in [0.717, 1.165) is 37.2 Å². The van der Waals surface area contributed by atoms with E-state index in [1.807, 2.05) is 6.07 Å². The van der Waals surface area contributed by atoms with E-state index in [9.17, 15) is 10.1 Å². The van der Waals surface area contributed by atoms with Gasteiger partial charge in [-0.15, -0.1) is 0 Å². The van der Waals surface area contributed by atoms with Crippen molar-refractivity contribution in [1.29, 1.82) is 5.26 Å². The minimum absolute atomic E-state index is 0.131. The molecule has 1 aliphatic heterocycles. The zero-order valence-corrected chi connectivity index (χ0v) is 10.7. The summed E-state index contributed by atoms with van der Waals surface area (Å²) in [5, 5.41) is 9.27. The summed E-state index contributed by atoms with van der Waals surface area (Å²) in [5.74, 6) is 0.131. The minimum atomic E-state index is 0.131. The van der Waals surface area contributed by atoms with Crippen molar-refractivity contribution >= 4 is 11.5 Å². The van der Waals surface area contributed by atoms with Crippen molar-refractivity contribution in [1.82, 2.24) is 0 Å². The lowest BCUT2D eigenvalue weighted by molar-refractivity contribution is -0.116. The number of rotatable bonds is 4. The highest BCUT2D eigenvalue weighted by Gasteiger charge is 2.22. The topological polar surface area (TPSA) is 44.1 Å². The van der Waals surface area contributed by atoms with E-state index in [2.05, 4.69) is 24.0 Å². The number of anilines is 1. The number of benzene rings is 1. The third kappa shape index (κ3) is 2.38. The molecule has 0 bridgehead atoms. The molecule has 1 aromatic carbocycles. The van der Waals surface area contributed by atoms with Crippen LogP contribution in [0.4, 0.5) is 5.69 Å². The maximum Gasteiger partial charge on any atom is 0.134 e. The molecule has 18 heavy (non-hydrogen) atoms. The van der Waals surface area contributed by atoms with E-state index in [4.69, 9.17) is 0 Å². The summed E-state index contributed by atoms with van der Waals surface area (Å²) < 4.78 is 0. The number of carbonyl (C=O) groups excluding carboxylic acids is 1. The lowest BCUT2D eigenvalue weighted by atomic mass is 10.0. The number of hydrogen-bond donors (Lipinski definition) is 0. The summed E-state index contributed by atoms with van der Waals surface area (Å²) in [6, 6.07) is 6.17. The molecule has 0 unspecified atom stereocenters. The van der Waals surface area contributed by atoms with Crippen LogP contribution in [0.2, 0.25) is 0 Å². The van der Waals surface area contributed by atoms with E-state index < -0.39 is 0 Å². The second kappa shape index (κ2) is 5.22. The van der Waals surface area contributed by atoms with Gasteiger partial charge in [-0.25, -0.2) is 0 Å². The van der Waals surface area contributed by atoms with Crippen LogP contribution in [0.15, 0.2) is 12.1 Å². The zero-order valence-electron chi connectivity index (χ0n) is 10.7. The maximum atomic E-state index is 11.2. The van der Waals surface area contributed by atoms with Crippen LogP contribution in [0, 0.1) is 18.3 Å². The van der Waals surface area contributed by atoms with Gasteiger partial charge < -0.3 is 4.90 Å². The van der Waals surface area contributed by atoms with Gasteiger partial charge in [-0.1, -0.05) is 13.0 Å². The van der Waals surface area contributed by atoms with Crippen LogP contribution in [-0.2, 0) is 17.6 Å². The Morgan fingerprint density at radius 2 is 2.33 bits per heavy atom. The number of Topliss-reactive ketones (excluding diaryl/α,β-unsaturated/α-hetero) is 1. The molecular formula is C15H17N2O. The van der Waals surface area contributed by atoms with E-state index in [1.165, 1.54) is 5.56 Å². The maximum absolute atomic E-state index is 11.2. The summed E-state index contributed by atoms with van der Waals surface area (Å²) in [5.41, 5.74) is 3.89. The molecule has 0 aliphatic carbocycles. The van der Waals surface area contributed by atoms with Crippen LogP contribution in [0.3, 0.4) is 0 Å². The van der Waals surface area contributed by atoms with E-state index >= 15 is 0 Å². The van der Waals surface area contributed by atoms with E-state index in [0.29, 0.717) is 12.0 Å². The van der Waals surface area contributed by atoms with Gasteiger partial charge in [0.2, 0.25) is 0 Å². The molecule has 1 radical (unpaired) electrons.